The van der Waals surface area contributed by atoms with Gasteiger partial charge in [-0.25, -0.2) is 4.98 Å². The van der Waals surface area contributed by atoms with Crippen LogP contribution in [0.3, 0.4) is 0 Å². The predicted octanol–water partition coefficient (Wildman–Crippen LogP) is 4.56. The number of carbonyl (C=O) groups is 1. The first-order valence-corrected chi connectivity index (χ1v) is 11.5. The van der Waals surface area contributed by atoms with Crippen LogP contribution in [0.5, 0.6) is 0 Å². The third kappa shape index (κ3) is 5.95. The van der Waals surface area contributed by atoms with Gasteiger partial charge in [-0.15, -0.1) is 0 Å². The molecule has 0 bridgehead atoms. The number of hydrogen-bond donors (Lipinski definition) is 1. The molecule has 6 nitrogen and oxygen atoms in total. The molecule has 0 saturated heterocycles. The number of hydrogen-bond acceptors (Lipinski definition) is 5. The van der Waals surface area contributed by atoms with E-state index in [0.29, 0.717) is 35.6 Å². The van der Waals surface area contributed by atoms with Crippen molar-refractivity contribution in [3.63, 3.8) is 0 Å². The summed E-state index contributed by atoms with van der Waals surface area (Å²) >= 11 is 1.28. The van der Waals surface area contributed by atoms with E-state index in [2.05, 4.69) is 10.3 Å². The maximum absolute atomic E-state index is 13.1. The first-order chi connectivity index (χ1) is 14.9. The zero-order valence-corrected chi connectivity index (χ0v) is 19.3. The monoisotopic (exact) mass is 439 g/mol. The normalized spacial score (nSPS) is 11.3. The number of aryl methyl sites for hydroxylation is 1. The molecular weight excluding hydrogens is 410 g/mol. The maximum atomic E-state index is 13.1. The third-order valence-corrected chi connectivity index (χ3v) is 5.99. The Balaban J connectivity index is 1.77. The van der Waals surface area contributed by atoms with Gasteiger partial charge < -0.3 is 10.1 Å². The van der Waals surface area contributed by atoms with E-state index < -0.39 is 0 Å². The summed E-state index contributed by atoms with van der Waals surface area (Å²) in [5, 5.41) is 4.09. The molecular formula is C24H29N3O3S. The van der Waals surface area contributed by atoms with Crippen molar-refractivity contribution in [2.45, 2.75) is 51.9 Å². The zero-order valence-electron chi connectivity index (χ0n) is 18.5. The number of nitrogens with one attached hydrogen (secondary N) is 1. The number of fused-ring (bicyclic) bond motifs is 1. The molecule has 0 atom stereocenters. The van der Waals surface area contributed by atoms with E-state index in [9.17, 15) is 9.59 Å². The molecule has 0 aliphatic rings. The van der Waals surface area contributed by atoms with Crippen molar-refractivity contribution < 1.29 is 9.53 Å². The van der Waals surface area contributed by atoms with E-state index >= 15 is 0 Å². The minimum atomic E-state index is -0.129. The number of rotatable bonds is 9. The summed E-state index contributed by atoms with van der Waals surface area (Å²) < 4.78 is 7.26. The summed E-state index contributed by atoms with van der Waals surface area (Å²) in [6.45, 7) is 9.03. The number of ether oxygens (including phenoxy) is 1. The summed E-state index contributed by atoms with van der Waals surface area (Å²) in [4.78, 5) is 30.3. The third-order valence-electron chi connectivity index (χ3n) is 5.01. The van der Waals surface area contributed by atoms with Crippen LogP contribution in [-0.4, -0.2) is 33.9 Å². The largest absolute Gasteiger partial charge is 0.379 e. The van der Waals surface area contributed by atoms with Crippen LogP contribution >= 0.6 is 11.8 Å². The van der Waals surface area contributed by atoms with Crippen molar-refractivity contribution >= 4 is 34.3 Å². The zero-order chi connectivity index (χ0) is 22.4. The Morgan fingerprint density at radius 1 is 1.16 bits per heavy atom. The molecule has 1 aromatic heterocycles. The molecule has 3 rings (SSSR count). The average Bonchev–Trinajstić information content (AvgIpc) is 2.74. The summed E-state index contributed by atoms with van der Waals surface area (Å²) in [5.41, 5.74) is 3.53. The van der Waals surface area contributed by atoms with Gasteiger partial charge in [0.05, 0.1) is 22.8 Å². The minimum Gasteiger partial charge on any atom is -0.379 e. The van der Waals surface area contributed by atoms with Crippen molar-refractivity contribution in [1.29, 1.82) is 0 Å². The lowest BCUT2D eigenvalue weighted by atomic mass is 10.1. The van der Waals surface area contributed by atoms with Crippen LogP contribution in [0.25, 0.3) is 10.9 Å². The number of carbonyl (C=O) groups excluding carboxylic acids is 1. The topological polar surface area (TPSA) is 73.2 Å². The van der Waals surface area contributed by atoms with Gasteiger partial charge in [-0.2, -0.15) is 0 Å². The molecule has 3 aromatic rings. The fourth-order valence-corrected chi connectivity index (χ4v) is 4.02. The Morgan fingerprint density at radius 3 is 2.71 bits per heavy atom. The standard InChI is InChI=1S/C24H29N3O3S/c1-16(2)30-14-8-13-27-23(29)19-10-5-6-11-21(19)26-24(27)31-15-22(28)25-20-12-7-9-17(3)18(20)4/h5-7,9-12,16H,8,13-15H2,1-4H3,(H,25,28). The van der Waals surface area contributed by atoms with Crippen molar-refractivity contribution in [3.05, 3.63) is 63.9 Å². The van der Waals surface area contributed by atoms with E-state index in [0.717, 1.165) is 16.8 Å². The highest BCUT2D eigenvalue weighted by molar-refractivity contribution is 7.99. The second-order valence-electron chi connectivity index (χ2n) is 7.73. The number of amides is 1. The lowest BCUT2D eigenvalue weighted by Crippen LogP contribution is -2.25. The number of anilines is 1. The maximum Gasteiger partial charge on any atom is 0.262 e. The fraction of sp³-hybridized carbons (Fsp3) is 0.375. The summed E-state index contributed by atoms with van der Waals surface area (Å²) in [6.07, 6.45) is 0.842. The molecule has 0 fully saturated rings. The molecule has 2 aromatic carbocycles. The van der Waals surface area contributed by atoms with Crippen LogP contribution in [-0.2, 0) is 16.1 Å². The Bertz CT molecular complexity index is 1120. The molecule has 0 saturated carbocycles. The lowest BCUT2D eigenvalue weighted by Gasteiger charge is -2.14. The van der Waals surface area contributed by atoms with Crippen LogP contribution < -0.4 is 10.9 Å². The molecule has 0 aliphatic carbocycles. The van der Waals surface area contributed by atoms with Crippen molar-refractivity contribution in [2.75, 3.05) is 17.7 Å². The van der Waals surface area contributed by atoms with E-state index in [1.165, 1.54) is 11.8 Å². The first-order valence-electron chi connectivity index (χ1n) is 10.5. The van der Waals surface area contributed by atoms with Crippen molar-refractivity contribution in [1.82, 2.24) is 9.55 Å². The van der Waals surface area contributed by atoms with Crippen LogP contribution in [0.15, 0.2) is 52.4 Å². The molecule has 7 heteroatoms. The van der Waals surface area contributed by atoms with Crippen LogP contribution in [0, 0.1) is 13.8 Å². The van der Waals surface area contributed by atoms with Gasteiger partial charge in [0, 0.05) is 18.8 Å². The van der Waals surface area contributed by atoms with Gasteiger partial charge >= 0.3 is 0 Å². The molecule has 0 aliphatic heterocycles. The number of nitrogens with zero attached hydrogens (tertiary/aromatic N) is 2. The smallest absolute Gasteiger partial charge is 0.262 e. The fourth-order valence-electron chi connectivity index (χ4n) is 3.20. The summed E-state index contributed by atoms with van der Waals surface area (Å²) in [7, 11) is 0. The number of aromatic nitrogens is 2. The second-order valence-corrected chi connectivity index (χ2v) is 8.67. The Labute approximate surface area is 187 Å². The Morgan fingerprint density at radius 2 is 1.94 bits per heavy atom. The van der Waals surface area contributed by atoms with E-state index in [-0.39, 0.29) is 23.3 Å². The van der Waals surface area contributed by atoms with Crippen molar-refractivity contribution in [2.24, 2.45) is 0 Å². The summed E-state index contributed by atoms with van der Waals surface area (Å²) in [6, 6.07) is 13.1. The van der Waals surface area contributed by atoms with Crippen LogP contribution in [0.1, 0.15) is 31.4 Å². The highest BCUT2D eigenvalue weighted by Gasteiger charge is 2.14. The van der Waals surface area contributed by atoms with Gasteiger partial charge in [0.25, 0.3) is 5.56 Å². The molecule has 0 radical (unpaired) electrons. The van der Waals surface area contributed by atoms with E-state index in [4.69, 9.17) is 4.74 Å². The summed E-state index contributed by atoms with van der Waals surface area (Å²) in [5.74, 6) is 0.0384. The van der Waals surface area contributed by atoms with Crippen LogP contribution in [0.4, 0.5) is 5.69 Å². The Hall–Kier alpha value is -2.64. The first kappa shape index (κ1) is 23.0. The van der Waals surface area contributed by atoms with Crippen molar-refractivity contribution in [3.8, 4) is 0 Å². The molecule has 1 N–H and O–H groups in total. The van der Waals surface area contributed by atoms with Gasteiger partial charge in [0.2, 0.25) is 5.91 Å². The average molecular weight is 440 g/mol. The van der Waals surface area contributed by atoms with Gasteiger partial charge in [-0.3, -0.25) is 14.2 Å². The minimum absolute atomic E-state index is 0.0902. The number of thioether (sulfide) groups is 1. The molecule has 164 valence electrons. The molecule has 0 spiro atoms. The van der Waals surface area contributed by atoms with Crippen LogP contribution in [0.2, 0.25) is 0 Å². The molecule has 0 unspecified atom stereocenters. The van der Waals surface area contributed by atoms with Gasteiger partial charge in [-0.1, -0.05) is 36.0 Å². The SMILES string of the molecule is Cc1cccc(NC(=O)CSc2nc3ccccc3c(=O)n2CCCOC(C)C)c1C. The second kappa shape index (κ2) is 10.6. The van der Waals surface area contributed by atoms with Gasteiger partial charge in [0.15, 0.2) is 5.16 Å². The highest BCUT2D eigenvalue weighted by Crippen LogP contribution is 2.21. The van der Waals surface area contributed by atoms with Gasteiger partial charge in [-0.05, 0) is 63.4 Å². The lowest BCUT2D eigenvalue weighted by molar-refractivity contribution is -0.113. The molecule has 31 heavy (non-hydrogen) atoms. The van der Waals surface area contributed by atoms with Gasteiger partial charge in [0.1, 0.15) is 0 Å². The number of benzene rings is 2. The van der Waals surface area contributed by atoms with E-state index in [1.54, 1.807) is 10.6 Å². The molecule has 1 heterocycles. The quantitative estimate of drug-likeness (QED) is 0.301. The highest BCUT2D eigenvalue weighted by atomic mass is 32.2. The molecule has 1 amide bonds. The predicted molar refractivity (Wildman–Crippen MR) is 127 cm³/mol. The number of para-hydroxylation sites is 1. The Kier molecular flexibility index (Phi) is 7.87. The van der Waals surface area contributed by atoms with E-state index in [1.807, 2.05) is 64.1 Å².